The Hall–Kier alpha value is 0.180. The minimum atomic E-state index is -4.56. The van der Waals surface area contributed by atoms with Gasteiger partial charge in [0.25, 0.3) is 0 Å². The van der Waals surface area contributed by atoms with Gasteiger partial charge in [0.05, 0.1) is 3.57 Å². The van der Waals surface area contributed by atoms with Gasteiger partial charge in [0.15, 0.2) is 10.3 Å². The lowest BCUT2D eigenvalue weighted by Gasteiger charge is -2.09. The van der Waals surface area contributed by atoms with Crippen LogP contribution in [0.4, 0.5) is 13.2 Å². The summed E-state index contributed by atoms with van der Waals surface area (Å²) in [5.41, 5.74) is -1.05. The van der Waals surface area contributed by atoms with Crippen molar-refractivity contribution in [3.8, 4) is 0 Å². The first-order chi connectivity index (χ1) is 5.84. The molecule has 0 bridgehead atoms. The number of hydrogen-bond donors (Lipinski definition) is 0. The maximum absolute atomic E-state index is 12.3. The minimum Gasteiger partial charge on any atom is -0.166 e. The summed E-state index contributed by atoms with van der Waals surface area (Å²) in [5.74, 6) is 0. The van der Waals surface area contributed by atoms with Crippen LogP contribution in [0.3, 0.4) is 0 Å². The van der Waals surface area contributed by atoms with E-state index in [4.69, 9.17) is 23.2 Å². The molecule has 1 rings (SSSR count). The van der Waals surface area contributed by atoms with Gasteiger partial charge in [0, 0.05) is 0 Å². The normalized spacial score (nSPS) is 11.8. The van der Waals surface area contributed by atoms with Gasteiger partial charge in [-0.3, -0.25) is 0 Å². The monoisotopic (exact) mass is 342 g/mol. The minimum absolute atomic E-state index is 0.244. The van der Waals surface area contributed by atoms with Crippen LogP contribution >= 0.6 is 45.8 Å². The number of nitrogens with zero attached hydrogens (tertiary/aromatic N) is 2. The highest BCUT2D eigenvalue weighted by Crippen LogP contribution is 2.38. The molecule has 0 saturated carbocycles. The second kappa shape index (κ2) is 3.74. The van der Waals surface area contributed by atoms with Crippen molar-refractivity contribution in [2.75, 3.05) is 0 Å². The largest absolute Gasteiger partial charge is 0.420 e. The molecule has 0 aromatic carbocycles. The molecular weight excluding hydrogens is 343 g/mol. The summed E-state index contributed by atoms with van der Waals surface area (Å²) < 4.78 is 36.6. The summed E-state index contributed by atoms with van der Waals surface area (Å²) in [4.78, 5) is 0. The third-order valence-electron chi connectivity index (χ3n) is 1.12. The fourth-order valence-electron chi connectivity index (χ4n) is 0.617. The van der Waals surface area contributed by atoms with E-state index in [0.29, 0.717) is 0 Å². The van der Waals surface area contributed by atoms with Crippen molar-refractivity contribution in [1.29, 1.82) is 0 Å². The predicted octanol–water partition coefficient (Wildman–Crippen LogP) is 3.41. The van der Waals surface area contributed by atoms with Crippen LogP contribution in [0, 0.1) is 3.57 Å². The number of alkyl halides is 3. The lowest BCUT2D eigenvalue weighted by Crippen LogP contribution is -2.11. The second-order valence-corrected chi connectivity index (χ2v) is 3.76. The van der Waals surface area contributed by atoms with E-state index in [0.717, 1.165) is 0 Å². The molecule has 0 N–H and O–H groups in total. The van der Waals surface area contributed by atoms with Crippen LogP contribution in [-0.4, -0.2) is 10.2 Å². The summed E-state index contributed by atoms with van der Waals surface area (Å²) in [6.45, 7) is 0. The standard InChI is InChI=1S/C5Cl2F3IN2/c6-3-1(5(8,9)10)2(11)4(7)13-12-3. The highest BCUT2D eigenvalue weighted by molar-refractivity contribution is 14.1. The van der Waals surface area contributed by atoms with Crippen molar-refractivity contribution in [2.45, 2.75) is 6.18 Å². The number of rotatable bonds is 0. The third-order valence-corrected chi connectivity index (χ3v) is 3.01. The van der Waals surface area contributed by atoms with E-state index in [-0.39, 0.29) is 8.72 Å². The van der Waals surface area contributed by atoms with Crippen LogP contribution < -0.4 is 0 Å². The fourth-order valence-corrected chi connectivity index (χ4v) is 1.82. The quantitative estimate of drug-likeness (QED) is 0.675. The van der Waals surface area contributed by atoms with Crippen molar-refractivity contribution < 1.29 is 13.2 Å². The Bertz CT molecular complexity index is 341. The van der Waals surface area contributed by atoms with E-state index in [1.165, 1.54) is 22.6 Å². The second-order valence-electron chi connectivity index (χ2n) is 1.97. The summed E-state index contributed by atoms with van der Waals surface area (Å²) >= 11 is 12.0. The molecule has 1 heterocycles. The highest BCUT2D eigenvalue weighted by atomic mass is 127. The summed E-state index contributed by atoms with van der Waals surface area (Å²) in [6.07, 6.45) is -4.56. The lowest BCUT2D eigenvalue weighted by molar-refractivity contribution is -0.138. The first kappa shape index (κ1) is 11.3. The Morgan fingerprint density at radius 3 is 1.92 bits per heavy atom. The summed E-state index contributed by atoms with van der Waals surface area (Å²) in [7, 11) is 0. The van der Waals surface area contributed by atoms with Gasteiger partial charge >= 0.3 is 6.18 Å². The molecule has 8 heteroatoms. The molecule has 0 aliphatic heterocycles. The van der Waals surface area contributed by atoms with Gasteiger partial charge in [0.2, 0.25) is 0 Å². The van der Waals surface area contributed by atoms with Crippen molar-refractivity contribution in [2.24, 2.45) is 0 Å². The maximum Gasteiger partial charge on any atom is 0.420 e. The Morgan fingerprint density at radius 1 is 1.08 bits per heavy atom. The number of hydrogen-bond acceptors (Lipinski definition) is 2. The molecule has 1 aromatic rings. The summed E-state index contributed by atoms with van der Waals surface area (Å²) in [6, 6.07) is 0. The highest BCUT2D eigenvalue weighted by Gasteiger charge is 2.37. The molecule has 0 unspecified atom stereocenters. The van der Waals surface area contributed by atoms with Crippen molar-refractivity contribution in [1.82, 2.24) is 10.2 Å². The van der Waals surface area contributed by atoms with Crippen molar-refractivity contribution in [3.05, 3.63) is 19.4 Å². The van der Waals surface area contributed by atoms with E-state index in [1.54, 1.807) is 0 Å². The van der Waals surface area contributed by atoms with Crippen LogP contribution in [0.15, 0.2) is 0 Å². The zero-order chi connectivity index (χ0) is 10.2. The molecule has 0 fully saturated rings. The molecule has 13 heavy (non-hydrogen) atoms. The topological polar surface area (TPSA) is 25.8 Å². The number of halogens is 6. The van der Waals surface area contributed by atoms with Crippen LogP contribution in [0.5, 0.6) is 0 Å². The Kier molecular flexibility index (Phi) is 3.24. The molecule has 0 saturated heterocycles. The Balaban J connectivity index is 3.43. The average Bonchev–Trinajstić information content (AvgIpc) is 1.95. The van der Waals surface area contributed by atoms with E-state index < -0.39 is 16.9 Å². The van der Waals surface area contributed by atoms with Gasteiger partial charge in [-0.1, -0.05) is 23.2 Å². The van der Waals surface area contributed by atoms with Gasteiger partial charge < -0.3 is 0 Å². The molecule has 1 aromatic heterocycles. The van der Waals surface area contributed by atoms with Crippen molar-refractivity contribution >= 4 is 45.8 Å². The first-order valence-electron chi connectivity index (χ1n) is 2.78. The van der Waals surface area contributed by atoms with E-state index in [1.807, 2.05) is 0 Å². The molecule has 0 amide bonds. The van der Waals surface area contributed by atoms with E-state index >= 15 is 0 Å². The van der Waals surface area contributed by atoms with Gasteiger partial charge in [-0.05, 0) is 22.6 Å². The van der Waals surface area contributed by atoms with Crippen LogP contribution in [-0.2, 0) is 6.18 Å². The smallest absolute Gasteiger partial charge is 0.166 e. The van der Waals surface area contributed by atoms with E-state index in [2.05, 4.69) is 10.2 Å². The molecule has 0 spiro atoms. The Labute approximate surface area is 94.6 Å². The molecule has 0 aliphatic carbocycles. The van der Waals surface area contributed by atoms with Gasteiger partial charge in [-0.2, -0.15) is 13.2 Å². The maximum atomic E-state index is 12.3. The van der Waals surface area contributed by atoms with Crippen LogP contribution in [0.2, 0.25) is 10.3 Å². The Morgan fingerprint density at radius 2 is 1.54 bits per heavy atom. The van der Waals surface area contributed by atoms with Crippen LogP contribution in [0.1, 0.15) is 5.56 Å². The van der Waals surface area contributed by atoms with Gasteiger partial charge in [-0.15, -0.1) is 10.2 Å². The lowest BCUT2D eigenvalue weighted by atomic mass is 10.3. The van der Waals surface area contributed by atoms with E-state index in [9.17, 15) is 13.2 Å². The first-order valence-corrected chi connectivity index (χ1v) is 4.62. The third kappa shape index (κ3) is 2.35. The van der Waals surface area contributed by atoms with Crippen LogP contribution in [0.25, 0.3) is 0 Å². The SMILES string of the molecule is FC(F)(F)c1c(Cl)nnc(Cl)c1I. The molecule has 0 atom stereocenters. The van der Waals surface area contributed by atoms with Crippen molar-refractivity contribution in [3.63, 3.8) is 0 Å². The van der Waals surface area contributed by atoms with Gasteiger partial charge in [-0.25, -0.2) is 0 Å². The fraction of sp³-hybridized carbons (Fsp3) is 0.200. The molecule has 2 nitrogen and oxygen atoms in total. The zero-order valence-electron chi connectivity index (χ0n) is 5.66. The summed E-state index contributed by atoms with van der Waals surface area (Å²) in [5, 5.41) is 5.29. The molecule has 0 radical (unpaired) electrons. The zero-order valence-corrected chi connectivity index (χ0v) is 9.33. The molecule has 0 aliphatic rings. The number of aromatic nitrogens is 2. The average molecular weight is 343 g/mol. The molecular formula is C5Cl2F3IN2. The van der Waals surface area contributed by atoms with Gasteiger partial charge in [0.1, 0.15) is 5.56 Å². The predicted molar refractivity (Wildman–Crippen MR) is 49.8 cm³/mol. The molecule has 72 valence electrons.